The summed E-state index contributed by atoms with van der Waals surface area (Å²) in [6.07, 6.45) is 1.55. The zero-order valence-electron chi connectivity index (χ0n) is 18.6. The number of amides is 1. The van der Waals surface area contributed by atoms with Crippen molar-refractivity contribution in [1.29, 1.82) is 0 Å². The first-order valence-electron chi connectivity index (χ1n) is 10.1. The first-order valence-corrected chi connectivity index (χ1v) is 14.2. The van der Waals surface area contributed by atoms with E-state index in [9.17, 15) is 21.6 Å². The van der Waals surface area contributed by atoms with E-state index in [4.69, 9.17) is 0 Å². The summed E-state index contributed by atoms with van der Waals surface area (Å²) in [4.78, 5) is 12.5. The van der Waals surface area contributed by atoms with Gasteiger partial charge in [0.1, 0.15) is 11.6 Å². The normalized spacial score (nSPS) is 11.8. The number of sulfonamides is 1. The Balaban J connectivity index is 1.72. The second-order valence-electron chi connectivity index (χ2n) is 7.50. The van der Waals surface area contributed by atoms with Crippen molar-refractivity contribution in [3.8, 4) is 0 Å². The summed E-state index contributed by atoms with van der Waals surface area (Å²) in [6, 6.07) is 12.6. The minimum absolute atomic E-state index is 0.0186. The van der Waals surface area contributed by atoms with Crippen LogP contribution in [0.5, 0.6) is 0 Å². The number of nitrogens with one attached hydrogen (secondary N) is 1. The molecule has 0 spiro atoms. The maximum Gasteiger partial charge on any atom is 0.264 e. The quantitative estimate of drug-likeness (QED) is 0.319. The van der Waals surface area contributed by atoms with Crippen LogP contribution in [-0.4, -0.2) is 43.3 Å². The molecule has 180 valence electrons. The summed E-state index contributed by atoms with van der Waals surface area (Å²) < 4.78 is 54.0. The molecule has 2 aromatic carbocycles. The number of hydrogen-bond donors (Lipinski definition) is 1. The molecule has 34 heavy (non-hydrogen) atoms. The molecule has 1 amide bonds. The minimum atomic E-state index is -4.00. The van der Waals surface area contributed by atoms with Gasteiger partial charge in [0.15, 0.2) is 15.0 Å². The SMILES string of the molecule is C=CCn1c(CS(=O)(=O)c2ccc(C)cc2)nnc1SCC(=O)NS(=O)(=O)c1ccc(C)cc1. The Labute approximate surface area is 203 Å². The van der Waals surface area contributed by atoms with Gasteiger partial charge < -0.3 is 4.57 Å². The number of carbonyl (C=O) groups is 1. The number of benzene rings is 2. The number of hydrogen-bond acceptors (Lipinski definition) is 8. The molecule has 9 nitrogen and oxygen atoms in total. The monoisotopic (exact) mass is 520 g/mol. The Bertz CT molecular complexity index is 1400. The molecule has 3 aromatic rings. The van der Waals surface area contributed by atoms with Gasteiger partial charge in [-0.1, -0.05) is 53.2 Å². The second kappa shape index (κ2) is 10.5. The van der Waals surface area contributed by atoms with Gasteiger partial charge in [0.05, 0.1) is 15.5 Å². The number of rotatable bonds is 10. The van der Waals surface area contributed by atoms with Gasteiger partial charge in [-0.25, -0.2) is 21.6 Å². The van der Waals surface area contributed by atoms with Crippen LogP contribution >= 0.6 is 11.8 Å². The fourth-order valence-electron chi connectivity index (χ4n) is 2.93. The zero-order chi connectivity index (χ0) is 24.9. The molecule has 1 heterocycles. The van der Waals surface area contributed by atoms with Gasteiger partial charge in [-0.3, -0.25) is 4.79 Å². The molecule has 12 heteroatoms. The molecule has 0 unspecified atom stereocenters. The third-order valence-corrected chi connectivity index (χ3v) is 8.70. The van der Waals surface area contributed by atoms with Crippen LogP contribution in [0.15, 0.2) is 76.1 Å². The molecular formula is C22H24N4O5S3. The predicted octanol–water partition coefficient (Wildman–Crippen LogP) is 2.65. The molecule has 0 aliphatic carbocycles. The van der Waals surface area contributed by atoms with Gasteiger partial charge in [0.2, 0.25) is 5.91 Å². The molecule has 0 saturated carbocycles. The van der Waals surface area contributed by atoms with Crippen molar-refractivity contribution in [1.82, 2.24) is 19.5 Å². The van der Waals surface area contributed by atoms with Crippen molar-refractivity contribution < 1.29 is 21.6 Å². The van der Waals surface area contributed by atoms with E-state index in [2.05, 4.69) is 16.8 Å². The van der Waals surface area contributed by atoms with Crippen LogP contribution in [0, 0.1) is 13.8 Å². The summed E-state index contributed by atoms with van der Waals surface area (Å²) >= 11 is 0.948. The number of aryl methyl sites for hydroxylation is 2. The van der Waals surface area contributed by atoms with E-state index in [0.717, 1.165) is 22.9 Å². The Kier molecular flexibility index (Phi) is 7.95. The van der Waals surface area contributed by atoms with E-state index < -0.39 is 25.8 Å². The lowest BCUT2D eigenvalue weighted by molar-refractivity contribution is -0.116. The lowest BCUT2D eigenvalue weighted by atomic mass is 10.2. The number of thioether (sulfide) groups is 1. The van der Waals surface area contributed by atoms with Crippen LogP contribution in [0.4, 0.5) is 0 Å². The first kappa shape index (κ1) is 25.7. The molecular weight excluding hydrogens is 496 g/mol. The van der Waals surface area contributed by atoms with Gasteiger partial charge in [0, 0.05) is 6.54 Å². The number of aromatic nitrogens is 3. The fraction of sp³-hybridized carbons (Fsp3) is 0.227. The minimum Gasteiger partial charge on any atom is -0.301 e. The molecule has 0 radical (unpaired) electrons. The van der Waals surface area contributed by atoms with E-state index in [1.54, 1.807) is 30.3 Å². The molecule has 0 aliphatic heterocycles. The standard InChI is InChI=1S/C22H24N4O5S3/c1-4-13-26-20(15-33(28,29)18-9-5-16(2)6-10-18)23-24-22(26)32-14-21(27)25-34(30,31)19-11-7-17(3)8-12-19/h4-12H,1,13-15H2,2-3H3,(H,25,27). The first-order chi connectivity index (χ1) is 16.0. The summed E-state index contributed by atoms with van der Waals surface area (Å²) in [5.74, 6) is -1.19. The highest BCUT2D eigenvalue weighted by Crippen LogP contribution is 2.21. The number of allylic oxidation sites excluding steroid dienone is 1. The van der Waals surface area contributed by atoms with E-state index in [0.29, 0.717) is 0 Å². The third kappa shape index (κ3) is 6.33. The highest BCUT2D eigenvalue weighted by Gasteiger charge is 2.23. The Morgan fingerprint density at radius 2 is 1.53 bits per heavy atom. The molecule has 0 bridgehead atoms. The summed E-state index contributed by atoms with van der Waals surface area (Å²) in [6.45, 7) is 7.58. The molecule has 3 rings (SSSR count). The molecule has 0 atom stereocenters. The largest absolute Gasteiger partial charge is 0.301 e. The van der Waals surface area contributed by atoms with Crippen LogP contribution in [-0.2, 0) is 37.0 Å². The Hall–Kier alpha value is -2.96. The maximum absolute atomic E-state index is 12.8. The third-order valence-electron chi connectivity index (χ3n) is 4.72. The molecule has 1 N–H and O–H groups in total. The summed E-state index contributed by atoms with van der Waals surface area (Å²) in [7, 11) is -7.68. The highest BCUT2D eigenvalue weighted by molar-refractivity contribution is 8.00. The van der Waals surface area contributed by atoms with E-state index in [-0.39, 0.29) is 38.8 Å². The van der Waals surface area contributed by atoms with Crippen LogP contribution in [0.3, 0.4) is 0 Å². The lowest BCUT2D eigenvalue weighted by Gasteiger charge is -2.09. The van der Waals surface area contributed by atoms with Gasteiger partial charge in [-0.05, 0) is 38.1 Å². The van der Waals surface area contributed by atoms with Crippen molar-refractivity contribution in [2.75, 3.05) is 5.75 Å². The van der Waals surface area contributed by atoms with Gasteiger partial charge in [-0.15, -0.1) is 16.8 Å². The smallest absolute Gasteiger partial charge is 0.264 e. The zero-order valence-corrected chi connectivity index (χ0v) is 21.1. The van der Waals surface area contributed by atoms with Crippen molar-refractivity contribution in [3.63, 3.8) is 0 Å². The number of carbonyl (C=O) groups excluding carboxylic acids is 1. The van der Waals surface area contributed by atoms with E-state index >= 15 is 0 Å². The highest BCUT2D eigenvalue weighted by atomic mass is 32.2. The van der Waals surface area contributed by atoms with Crippen LogP contribution in [0.1, 0.15) is 17.0 Å². The maximum atomic E-state index is 12.8. The topological polar surface area (TPSA) is 128 Å². The Morgan fingerprint density at radius 3 is 2.09 bits per heavy atom. The molecule has 0 saturated heterocycles. The lowest BCUT2D eigenvalue weighted by Crippen LogP contribution is -2.32. The average molecular weight is 521 g/mol. The van der Waals surface area contributed by atoms with Crippen LogP contribution in [0.25, 0.3) is 0 Å². The van der Waals surface area contributed by atoms with Crippen LogP contribution in [0.2, 0.25) is 0 Å². The number of sulfone groups is 1. The van der Waals surface area contributed by atoms with E-state index in [1.807, 2.05) is 18.6 Å². The van der Waals surface area contributed by atoms with Crippen LogP contribution < -0.4 is 4.72 Å². The van der Waals surface area contributed by atoms with E-state index in [1.165, 1.54) is 28.8 Å². The average Bonchev–Trinajstić information content (AvgIpc) is 3.13. The summed E-state index contributed by atoms with van der Waals surface area (Å²) in [5.41, 5.74) is 1.83. The van der Waals surface area contributed by atoms with Crippen molar-refractivity contribution >= 4 is 37.5 Å². The van der Waals surface area contributed by atoms with Gasteiger partial charge in [0.25, 0.3) is 10.0 Å². The number of nitrogens with zero attached hydrogens (tertiary/aromatic N) is 3. The van der Waals surface area contributed by atoms with Crippen molar-refractivity contribution in [2.45, 2.75) is 41.1 Å². The predicted molar refractivity (Wildman–Crippen MR) is 130 cm³/mol. The van der Waals surface area contributed by atoms with Crippen molar-refractivity contribution in [3.05, 3.63) is 78.1 Å². The molecule has 0 fully saturated rings. The van der Waals surface area contributed by atoms with Gasteiger partial charge >= 0.3 is 0 Å². The fourth-order valence-corrected chi connectivity index (χ4v) is 6.04. The second-order valence-corrected chi connectivity index (χ2v) is 12.1. The molecule has 0 aliphatic rings. The molecule has 1 aromatic heterocycles. The Morgan fingerprint density at radius 1 is 0.971 bits per heavy atom. The van der Waals surface area contributed by atoms with Crippen molar-refractivity contribution in [2.24, 2.45) is 0 Å². The summed E-state index contributed by atoms with van der Waals surface area (Å²) in [5, 5.41) is 8.26. The van der Waals surface area contributed by atoms with Gasteiger partial charge in [-0.2, -0.15) is 0 Å².